The van der Waals surface area contributed by atoms with Crippen LogP contribution in [0.5, 0.6) is 0 Å². The standard InChI is InChI=1S/C11H10BrN3/c1-2-9-8-11(12)6-5-10(9)4-3-7-14-15-13/h5-6,8H,2,7H2,1H3. The van der Waals surface area contributed by atoms with Crippen molar-refractivity contribution in [2.75, 3.05) is 6.54 Å². The van der Waals surface area contributed by atoms with Crippen LogP contribution in [0.1, 0.15) is 18.1 Å². The van der Waals surface area contributed by atoms with Crippen molar-refractivity contribution in [2.24, 2.45) is 5.11 Å². The lowest BCUT2D eigenvalue weighted by atomic mass is 10.1. The van der Waals surface area contributed by atoms with E-state index in [0.29, 0.717) is 0 Å². The Morgan fingerprint density at radius 1 is 1.53 bits per heavy atom. The number of aryl methyl sites for hydroxylation is 1. The van der Waals surface area contributed by atoms with Gasteiger partial charge in [0.25, 0.3) is 0 Å². The lowest BCUT2D eigenvalue weighted by Gasteiger charge is -2.01. The highest BCUT2D eigenvalue weighted by molar-refractivity contribution is 9.10. The van der Waals surface area contributed by atoms with Gasteiger partial charge in [0.1, 0.15) is 0 Å². The number of hydrogen-bond acceptors (Lipinski definition) is 1. The summed E-state index contributed by atoms with van der Waals surface area (Å²) in [5, 5.41) is 3.36. The third-order valence-electron chi connectivity index (χ3n) is 1.88. The average Bonchev–Trinajstić information content (AvgIpc) is 2.26. The van der Waals surface area contributed by atoms with E-state index in [1.807, 2.05) is 12.1 Å². The second-order valence-electron chi connectivity index (χ2n) is 2.85. The number of nitrogens with zero attached hydrogens (tertiary/aromatic N) is 3. The molecule has 1 rings (SSSR count). The summed E-state index contributed by atoms with van der Waals surface area (Å²) >= 11 is 3.42. The summed E-state index contributed by atoms with van der Waals surface area (Å²) in [4.78, 5) is 2.64. The second kappa shape index (κ2) is 6.13. The summed E-state index contributed by atoms with van der Waals surface area (Å²) in [7, 11) is 0. The van der Waals surface area contributed by atoms with Crippen LogP contribution in [0.25, 0.3) is 10.4 Å². The molecular weight excluding hydrogens is 254 g/mol. The Kier molecular flexibility index (Phi) is 4.76. The second-order valence-corrected chi connectivity index (χ2v) is 3.76. The maximum absolute atomic E-state index is 8.08. The Balaban J connectivity index is 2.91. The molecule has 0 aliphatic rings. The van der Waals surface area contributed by atoms with Gasteiger partial charge >= 0.3 is 0 Å². The lowest BCUT2D eigenvalue weighted by Crippen LogP contribution is -1.87. The van der Waals surface area contributed by atoms with Gasteiger partial charge in [-0.3, -0.25) is 0 Å². The molecule has 0 radical (unpaired) electrons. The molecule has 0 amide bonds. The summed E-state index contributed by atoms with van der Waals surface area (Å²) < 4.78 is 1.06. The first kappa shape index (κ1) is 11.6. The van der Waals surface area contributed by atoms with Gasteiger partial charge in [-0.15, -0.1) is 0 Å². The molecule has 15 heavy (non-hydrogen) atoms. The topological polar surface area (TPSA) is 48.8 Å². The van der Waals surface area contributed by atoms with Crippen molar-refractivity contribution in [3.05, 3.63) is 44.2 Å². The maximum atomic E-state index is 8.08. The molecule has 0 aliphatic heterocycles. The molecule has 0 unspecified atom stereocenters. The Labute approximate surface area is 97.3 Å². The number of halogens is 1. The molecular formula is C11H10BrN3. The van der Waals surface area contributed by atoms with Crippen LogP contribution in [0.15, 0.2) is 27.8 Å². The Bertz CT molecular complexity index is 451. The van der Waals surface area contributed by atoms with Crippen LogP contribution in [0.3, 0.4) is 0 Å². The normalized spacial score (nSPS) is 8.67. The van der Waals surface area contributed by atoms with Crippen LogP contribution in [0.2, 0.25) is 0 Å². The number of benzene rings is 1. The SMILES string of the molecule is CCc1cc(Br)ccc1C#CCN=[N+]=[N-]. The third-order valence-corrected chi connectivity index (χ3v) is 2.38. The van der Waals surface area contributed by atoms with E-state index in [0.717, 1.165) is 16.5 Å². The maximum Gasteiger partial charge on any atom is 0.0880 e. The van der Waals surface area contributed by atoms with Gasteiger partial charge in [0.05, 0.1) is 6.54 Å². The molecule has 0 aromatic heterocycles. The fourth-order valence-electron chi connectivity index (χ4n) is 1.18. The van der Waals surface area contributed by atoms with E-state index >= 15 is 0 Å². The van der Waals surface area contributed by atoms with E-state index in [1.54, 1.807) is 0 Å². The van der Waals surface area contributed by atoms with Crippen LogP contribution in [0, 0.1) is 11.8 Å². The first-order valence-corrected chi connectivity index (χ1v) is 5.35. The molecule has 0 saturated heterocycles. The number of rotatable bonds is 2. The highest BCUT2D eigenvalue weighted by Crippen LogP contribution is 2.16. The van der Waals surface area contributed by atoms with E-state index in [4.69, 9.17) is 5.53 Å². The molecule has 1 aromatic rings. The van der Waals surface area contributed by atoms with Crippen molar-refractivity contribution in [2.45, 2.75) is 13.3 Å². The fraction of sp³-hybridized carbons (Fsp3) is 0.273. The summed E-state index contributed by atoms with van der Waals surface area (Å²) in [6.07, 6.45) is 0.935. The molecule has 0 spiro atoms. The minimum atomic E-state index is 0.218. The fourth-order valence-corrected chi connectivity index (χ4v) is 1.59. The number of azide groups is 1. The zero-order chi connectivity index (χ0) is 11.1. The molecule has 3 nitrogen and oxygen atoms in total. The summed E-state index contributed by atoms with van der Waals surface area (Å²) in [6, 6.07) is 5.97. The van der Waals surface area contributed by atoms with Crippen LogP contribution in [0.4, 0.5) is 0 Å². The van der Waals surface area contributed by atoms with E-state index in [9.17, 15) is 0 Å². The number of hydrogen-bond donors (Lipinski definition) is 0. The van der Waals surface area contributed by atoms with E-state index in [-0.39, 0.29) is 6.54 Å². The Hall–Kier alpha value is -1.43. The van der Waals surface area contributed by atoms with Crippen molar-refractivity contribution in [3.8, 4) is 11.8 Å². The van der Waals surface area contributed by atoms with Crippen molar-refractivity contribution < 1.29 is 0 Å². The van der Waals surface area contributed by atoms with Gasteiger partial charge in [-0.2, -0.15) is 0 Å². The minimum absolute atomic E-state index is 0.218. The van der Waals surface area contributed by atoms with E-state index < -0.39 is 0 Å². The molecule has 4 heteroatoms. The van der Waals surface area contributed by atoms with Gasteiger partial charge in [0.15, 0.2) is 0 Å². The summed E-state index contributed by atoms with van der Waals surface area (Å²) in [6.45, 7) is 2.30. The van der Waals surface area contributed by atoms with E-state index in [2.05, 4.69) is 50.8 Å². The van der Waals surface area contributed by atoms with Gasteiger partial charge in [0.2, 0.25) is 0 Å². The van der Waals surface area contributed by atoms with Crippen molar-refractivity contribution in [1.29, 1.82) is 0 Å². The molecule has 0 aliphatic carbocycles. The molecule has 0 N–H and O–H groups in total. The van der Waals surface area contributed by atoms with Crippen LogP contribution in [-0.4, -0.2) is 6.54 Å². The molecule has 0 atom stereocenters. The highest BCUT2D eigenvalue weighted by Gasteiger charge is 1.97. The molecule has 76 valence electrons. The van der Waals surface area contributed by atoms with Crippen LogP contribution < -0.4 is 0 Å². The predicted octanol–water partition coefficient (Wildman–Crippen LogP) is 3.67. The third kappa shape index (κ3) is 3.67. The predicted molar refractivity (Wildman–Crippen MR) is 64.4 cm³/mol. The molecule has 0 heterocycles. The molecule has 0 saturated carbocycles. The molecule has 0 fully saturated rings. The minimum Gasteiger partial charge on any atom is -0.0919 e. The summed E-state index contributed by atoms with van der Waals surface area (Å²) in [5.74, 6) is 5.80. The lowest BCUT2D eigenvalue weighted by molar-refractivity contribution is 1.13. The van der Waals surface area contributed by atoms with Gasteiger partial charge in [-0.1, -0.05) is 39.8 Å². The quantitative estimate of drug-likeness (QED) is 0.338. The van der Waals surface area contributed by atoms with Crippen LogP contribution in [-0.2, 0) is 6.42 Å². The van der Waals surface area contributed by atoms with Crippen molar-refractivity contribution in [1.82, 2.24) is 0 Å². The molecule has 0 bridgehead atoms. The van der Waals surface area contributed by atoms with Crippen molar-refractivity contribution >= 4 is 15.9 Å². The first-order valence-electron chi connectivity index (χ1n) is 4.56. The van der Waals surface area contributed by atoms with Gasteiger partial charge in [0, 0.05) is 14.9 Å². The van der Waals surface area contributed by atoms with E-state index in [1.165, 1.54) is 5.56 Å². The average molecular weight is 264 g/mol. The first-order chi connectivity index (χ1) is 7.27. The largest absolute Gasteiger partial charge is 0.0919 e. The Morgan fingerprint density at radius 3 is 3.00 bits per heavy atom. The van der Waals surface area contributed by atoms with Crippen molar-refractivity contribution in [3.63, 3.8) is 0 Å². The Morgan fingerprint density at radius 2 is 2.33 bits per heavy atom. The van der Waals surface area contributed by atoms with Crippen LogP contribution >= 0.6 is 15.9 Å². The molecule has 1 aromatic carbocycles. The van der Waals surface area contributed by atoms with Gasteiger partial charge in [-0.05, 0) is 35.7 Å². The van der Waals surface area contributed by atoms with Gasteiger partial charge < -0.3 is 0 Å². The van der Waals surface area contributed by atoms with Gasteiger partial charge in [-0.25, -0.2) is 0 Å². The zero-order valence-electron chi connectivity index (χ0n) is 8.37. The summed E-state index contributed by atoms with van der Waals surface area (Å²) in [5.41, 5.74) is 10.3. The smallest absolute Gasteiger partial charge is 0.0880 e. The monoisotopic (exact) mass is 263 g/mol. The zero-order valence-corrected chi connectivity index (χ0v) is 9.95. The highest BCUT2D eigenvalue weighted by atomic mass is 79.9.